The number of ether oxygens (including phenoxy) is 2. The molecule has 0 amide bonds. The highest BCUT2D eigenvalue weighted by Crippen LogP contribution is 2.26. The van der Waals surface area contributed by atoms with E-state index in [1.54, 1.807) is 0 Å². The molecule has 0 aliphatic carbocycles. The molecule has 0 bridgehead atoms. The predicted molar refractivity (Wildman–Crippen MR) is 78.8 cm³/mol. The van der Waals surface area contributed by atoms with Crippen LogP contribution in [0.3, 0.4) is 0 Å². The first kappa shape index (κ1) is 15.9. The zero-order valence-electron chi connectivity index (χ0n) is 11.8. The van der Waals surface area contributed by atoms with Crippen molar-refractivity contribution in [2.75, 3.05) is 13.2 Å². The van der Waals surface area contributed by atoms with E-state index in [4.69, 9.17) is 9.47 Å². The second-order valence-electron chi connectivity index (χ2n) is 4.19. The minimum Gasteiger partial charge on any atom is -0.494 e. The molecule has 1 aromatic carbocycles. The van der Waals surface area contributed by atoms with E-state index >= 15 is 0 Å². The van der Waals surface area contributed by atoms with E-state index in [9.17, 15) is 4.79 Å². The Morgan fingerprint density at radius 1 is 1.26 bits per heavy atom. The average Bonchev–Trinajstić information content (AvgIpc) is 2.41. The zero-order valence-corrected chi connectivity index (χ0v) is 12.7. The standard InChI is InChI=1S/C15H22O3S/c1-4-6-11-18-13-7-9-14(10-8-13)19-12(3)15(16)17-5-2/h7-10,12H,4-6,11H2,1-3H3. The molecule has 0 aliphatic heterocycles. The quantitative estimate of drug-likeness (QED) is 0.411. The van der Waals surface area contributed by atoms with E-state index in [2.05, 4.69) is 6.92 Å². The van der Waals surface area contributed by atoms with Gasteiger partial charge in [-0.1, -0.05) is 13.3 Å². The molecule has 106 valence electrons. The molecule has 0 spiro atoms. The van der Waals surface area contributed by atoms with Crippen LogP contribution >= 0.6 is 11.8 Å². The number of benzene rings is 1. The van der Waals surface area contributed by atoms with Gasteiger partial charge >= 0.3 is 5.97 Å². The molecule has 0 saturated heterocycles. The van der Waals surface area contributed by atoms with Crippen LogP contribution in [-0.4, -0.2) is 24.4 Å². The lowest BCUT2D eigenvalue weighted by Crippen LogP contribution is -2.16. The fourth-order valence-electron chi connectivity index (χ4n) is 1.46. The van der Waals surface area contributed by atoms with Crippen molar-refractivity contribution in [1.82, 2.24) is 0 Å². The van der Waals surface area contributed by atoms with Crippen molar-refractivity contribution in [3.8, 4) is 5.75 Å². The Bertz CT molecular complexity index is 375. The number of rotatable bonds is 8. The van der Waals surface area contributed by atoms with Gasteiger partial charge in [-0.05, 0) is 44.5 Å². The molecule has 1 rings (SSSR count). The molecule has 0 saturated carbocycles. The number of unbranched alkanes of at least 4 members (excludes halogenated alkanes) is 1. The van der Waals surface area contributed by atoms with Crippen LogP contribution in [0.1, 0.15) is 33.6 Å². The highest BCUT2D eigenvalue weighted by atomic mass is 32.2. The smallest absolute Gasteiger partial charge is 0.319 e. The van der Waals surface area contributed by atoms with Crippen LogP contribution in [0, 0.1) is 0 Å². The normalized spacial score (nSPS) is 11.9. The second kappa shape index (κ2) is 8.86. The minimum atomic E-state index is -0.188. The Labute approximate surface area is 119 Å². The second-order valence-corrected chi connectivity index (χ2v) is 5.60. The van der Waals surface area contributed by atoms with Gasteiger partial charge in [0.2, 0.25) is 0 Å². The third-order valence-corrected chi connectivity index (χ3v) is 3.61. The van der Waals surface area contributed by atoms with Crippen LogP contribution in [0.4, 0.5) is 0 Å². The van der Waals surface area contributed by atoms with Gasteiger partial charge in [0.1, 0.15) is 11.0 Å². The number of hydrogen-bond acceptors (Lipinski definition) is 4. The maximum Gasteiger partial charge on any atom is 0.319 e. The molecule has 1 unspecified atom stereocenters. The van der Waals surface area contributed by atoms with Crippen LogP contribution in [-0.2, 0) is 9.53 Å². The van der Waals surface area contributed by atoms with Crippen molar-refractivity contribution in [2.45, 2.75) is 43.8 Å². The molecular weight excluding hydrogens is 260 g/mol. The maximum atomic E-state index is 11.5. The van der Waals surface area contributed by atoms with E-state index in [-0.39, 0.29) is 11.2 Å². The fourth-order valence-corrected chi connectivity index (χ4v) is 2.33. The first-order valence-corrected chi connectivity index (χ1v) is 7.61. The number of hydrogen-bond donors (Lipinski definition) is 0. The Morgan fingerprint density at radius 2 is 1.95 bits per heavy atom. The van der Waals surface area contributed by atoms with Crippen molar-refractivity contribution in [2.24, 2.45) is 0 Å². The lowest BCUT2D eigenvalue weighted by atomic mass is 10.3. The van der Waals surface area contributed by atoms with E-state index < -0.39 is 0 Å². The van der Waals surface area contributed by atoms with Gasteiger partial charge in [0.05, 0.1) is 13.2 Å². The summed E-state index contributed by atoms with van der Waals surface area (Å²) in [6.45, 7) is 6.99. The lowest BCUT2D eigenvalue weighted by molar-refractivity contribution is -0.142. The fraction of sp³-hybridized carbons (Fsp3) is 0.533. The average molecular weight is 282 g/mol. The largest absolute Gasteiger partial charge is 0.494 e. The van der Waals surface area contributed by atoms with Crippen molar-refractivity contribution < 1.29 is 14.3 Å². The number of thioether (sulfide) groups is 1. The molecule has 19 heavy (non-hydrogen) atoms. The molecule has 4 heteroatoms. The summed E-state index contributed by atoms with van der Waals surface area (Å²) < 4.78 is 10.6. The first-order chi connectivity index (χ1) is 9.17. The molecule has 0 fully saturated rings. The van der Waals surface area contributed by atoms with Gasteiger partial charge in [0.15, 0.2) is 0 Å². The van der Waals surface area contributed by atoms with Crippen LogP contribution in [0.5, 0.6) is 5.75 Å². The molecule has 0 radical (unpaired) electrons. The summed E-state index contributed by atoms with van der Waals surface area (Å²) in [5, 5.41) is -0.188. The van der Waals surface area contributed by atoms with Gasteiger partial charge < -0.3 is 9.47 Å². The Hall–Kier alpha value is -1.16. The molecule has 0 N–H and O–H groups in total. The first-order valence-electron chi connectivity index (χ1n) is 6.73. The van der Waals surface area contributed by atoms with Crippen molar-refractivity contribution >= 4 is 17.7 Å². The summed E-state index contributed by atoms with van der Waals surface area (Å²) in [4.78, 5) is 12.6. The highest BCUT2D eigenvalue weighted by molar-refractivity contribution is 8.00. The van der Waals surface area contributed by atoms with Crippen LogP contribution in [0.15, 0.2) is 29.2 Å². The summed E-state index contributed by atoms with van der Waals surface area (Å²) in [7, 11) is 0. The van der Waals surface area contributed by atoms with E-state index in [1.165, 1.54) is 11.8 Å². The monoisotopic (exact) mass is 282 g/mol. The SMILES string of the molecule is CCCCOc1ccc(SC(C)C(=O)OCC)cc1. The Kier molecular flexibility index (Phi) is 7.41. The van der Waals surface area contributed by atoms with Gasteiger partial charge in [0.25, 0.3) is 0 Å². The summed E-state index contributed by atoms with van der Waals surface area (Å²) in [6, 6.07) is 7.83. The molecular formula is C15H22O3S. The molecule has 1 atom stereocenters. The number of esters is 1. The molecule has 3 nitrogen and oxygen atoms in total. The van der Waals surface area contributed by atoms with E-state index in [1.807, 2.05) is 38.1 Å². The highest BCUT2D eigenvalue weighted by Gasteiger charge is 2.15. The maximum absolute atomic E-state index is 11.5. The summed E-state index contributed by atoms with van der Waals surface area (Å²) in [5.41, 5.74) is 0. The van der Waals surface area contributed by atoms with Crippen molar-refractivity contribution in [1.29, 1.82) is 0 Å². The van der Waals surface area contributed by atoms with Crippen LogP contribution in [0.2, 0.25) is 0 Å². The summed E-state index contributed by atoms with van der Waals surface area (Å²) in [5.74, 6) is 0.706. The number of carbonyl (C=O) groups excluding carboxylic acids is 1. The van der Waals surface area contributed by atoms with Crippen LogP contribution in [0.25, 0.3) is 0 Å². The van der Waals surface area contributed by atoms with E-state index in [0.29, 0.717) is 6.61 Å². The Balaban J connectivity index is 2.45. The third-order valence-electron chi connectivity index (χ3n) is 2.52. The third kappa shape index (κ3) is 6.01. The van der Waals surface area contributed by atoms with Crippen LogP contribution < -0.4 is 4.74 Å². The zero-order chi connectivity index (χ0) is 14.1. The van der Waals surface area contributed by atoms with Gasteiger partial charge in [0, 0.05) is 4.90 Å². The Morgan fingerprint density at radius 3 is 2.53 bits per heavy atom. The summed E-state index contributed by atoms with van der Waals surface area (Å²) in [6.07, 6.45) is 2.20. The molecule has 0 aliphatic rings. The lowest BCUT2D eigenvalue weighted by Gasteiger charge is -2.11. The minimum absolute atomic E-state index is 0.171. The molecule has 0 heterocycles. The van der Waals surface area contributed by atoms with Crippen molar-refractivity contribution in [3.05, 3.63) is 24.3 Å². The molecule has 1 aromatic rings. The van der Waals surface area contributed by atoms with Gasteiger partial charge in [-0.3, -0.25) is 4.79 Å². The predicted octanol–water partition coefficient (Wildman–Crippen LogP) is 3.91. The van der Waals surface area contributed by atoms with E-state index in [0.717, 1.165) is 30.1 Å². The van der Waals surface area contributed by atoms with Crippen molar-refractivity contribution in [3.63, 3.8) is 0 Å². The van der Waals surface area contributed by atoms with Gasteiger partial charge in [-0.25, -0.2) is 0 Å². The summed E-state index contributed by atoms with van der Waals surface area (Å²) >= 11 is 1.50. The number of carbonyl (C=O) groups is 1. The molecule has 0 aromatic heterocycles. The topological polar surface area (TPSA) is 35.5 Å². The van der Waals surface area contributed by atoms with Gasteiger partial charge in [-0.2, -0.15) is 0 Å². The van der Waals surface area contributed by atoms with Gasteiger partial charge in [-0.15, -0.1) is 11.8 Å².